The second kappa shape index (κ2) is 5.83. The van der Waals surface area contributed by atoms with Crippen LogP contribution in [0.25, 0.3) is 5.69 Å². The highest BCUT2D eigenvalue weighted by atomic mass is 32.2. The minimum atomic E-state index is 0.341. The van der Waals surface area contributed by atoms with Gasteiger partial charge >= 0.3 is 0 Å². The third-order valence-electron chi connectivity index (χ3n) is 3.99. The molecule has 5 nitrogen and oxygen atoms in total. The molecule has 0 spiro atoms. The Morgan fingerprint density at radius 3 is 2.70 bits per heavy atom. The number of tetrazole rings is 1. The molecule has 1 aliphatic carbocycles. The molecule has 0 atom stereocenters. The van der Waals surface area contributed by atoms with Crippen molar-refractivity contribution in [2.24, 2.45) is 0 Å². The summed E-state index contributed by atoms with van der Waals surface area (Å²) in [5.41, 5.74) is 0.977. The predicted octanol–water partition coefficient (Wildman–Crippen LogP) is 2.75. The molecule has 3 rings (SSSR count). The summed E-state index contributed by atoms with van der Waals surface area (Å²) in [6.07, 6.45) is 7.40. The van der Waals surface area contributed by atoms with Crippen LogP contribution in [0.5, 0.6) is 0 Å². The molecule has 0 unspecified atom stereocenters. The number of benzene rings is 1. The zero-order valence-corrected chi connectivity index (χ0v) is 12.4. The Balaban J connectivity index is 1.74. The van der Waals surface area contributed by atoms with E-state index >= 15 is 0 Å². The Morgan fingerprint density at radius 1 is 1.25 bits per heavy atom. The van der Waals surface area contributed by atoms with Gasteiger partial charge in [-0.05, 0) is 41.7 Å². The summed E-state index contributed by atoms with van der Waals surface area (Å²) in [6.45, 7) is 0.918. The zero-order valence-electron chi connectivity index (χ0n) is 11.6. The first-order chi connectivity index (χ1) is 9.83. The van der Waals surface area contributed by atoms with Crippen LogP contribution in [0.1, 0.15) is 25.7 Å². The van der Waals surface area contributed by atoms with Gasteiger partial charge in [0.2, 0.25) is 5.95 Å². The minimum Gasteiger partial charge on any atom is -0.351 e. The third kappa shape index (κ3) is 2.65. The number of rotatable bonds is 5. The first-order valence-corrected chi connectivity index (χ1v) is 8.18. The average Bonchev–Trinajstić information content (AvgIpc) is 3.16. The number of anilines is 1. The van der Waals surface area contributed by atoms with Crippen LogP contribution >= 0.6 is 11.8 Å². The van der Waals surface area contributed by atoms with Crippen LogP contribution in [-0.4, -0.2) is 37.8 Å². The lowest BCUT2D eigenvalue weighted by Crippen LogP contribution is -2.30. The standard InChI is InChI=1S/C14H19N5S/c1-20-14(9-5-6-10-14)11-15-13-16-17-18-19(13)12-7-3-2-4-8-12/h2-4,7-8H,5-6,9-11H2,1H3,(H,15,16,18). The molecule has 1 aliphatic rings. The topological polar surface area (TPSA) is 55.6 Å². The monoisotopic (exact) mass is 289 g/mol. The summed E-state index contributed by atoms with van der Waals surface area (Å²) in [4.78, 5) is 0. The largest absolute Gasteiger partial charge is 0.351 e. The molecule has 1 aromatic heterocycles. The fraction of sp³-hybridized carbons (Fsp3) is 0.500. The number of para-hydroxylation sites is 1. The maximum absolute atomic E-state index is 4.10. The van der Waals surface area contributed by atoms with Crippen molar-refractivity contribution in [3.8, 4) is 5.69 Å². The molecule has 0 aliphatic heterocycles. The van der Waals surface area contributed by atoms with Crippen LogP contribution in [0.15, 0.2) is 30.3 Å². The highest BCUT2D eigenvalue weighted by Crippen LogP contribution is 2.40. The van der Waals surface area contributed by atoms with Gasteiger partial charge in [-0.1, -0.05) is 36.1 Å². The highest BCUT2D eigenvalue weighted by molar-refractivity contribution is 8.00. The molecule has 1 N–H and O–H groups in total. The summed E-state index contributed by atoms with van der Waals surface area (Å²) >= 11 is 1.96. The van der Waals surface area contributed by atoms with Gasteiger partial charge < -0.3 is 5.32 Å². The van der Waals surface area contributed by atoms with Crippen LogP contribution < -0.4 is 5.32 Å². The van der Waals surface area contributed by atoms with Crippen LogP contribution in [0.2, 0.25) is 0 Å². The summed E-state index contributed by atoms with van der Waals surface area (Å²) in [7, 11) is 0. The Morgan fingerprint density at radius 2 is 2.00 bits per heavy atom. The highest BCUT2D eigenvalue weighted by Gasteiger charge is 2.33. The van der Waals surface area contributed by atoms with Gasteiger partial charge in [-0.15, -0.1) is 0 Å². The summed E-state index contributed by atoms with van der Waals surface area (Å²) < 4.78 is 2.09. The molecule has 0 radical (unpaired) electrons. The van der Waals surface area contributed by atoms with Crippen LogP contribution in [0, 0.1) is 0 Å². The molecule has 1 heterocycles. The molecule has 20 heavy (non-hydrogen) atoms. The molecule has 0 amide bonds. The Kier molecular flexibility index (Phi) is 3.91. The Hall–Kier alpha value is -1.56. The van der Waals surface area contributed by atoms with E-state index in [4.69, 9.17) is 0 Å². The maximum Gasteiger partial charge on any atom is 0.247 e. The number of nitrogens with one attached hydrogen (secondary N) is 1. The zero-order chi connectivity index (χ0) is 13.8. The van der Waals surface area contributed by atoms with Crippen LogP contribution in [-0.2, 0) is 0 Å². The van der Waals surface area contributed by atoms with E-state index < -0.39 is 0 Å². The van der Waals surface area contributed by atoms with Gasteiger partial charge in [0.15, 0.2) is 0 Å². The first-order valence-electron chi connectivity index (χ1n) is 6.96. The minimum absolute atomic E-state index is 0.341. The SMILES string of the molecule is CSC1(CNc2nnnn2-c2ccccc2)CCCC1. The smallest absolute Gasteiger partial charge is 0.247 e. The molecule has 6 heteroatoms. The van der Waals surface area contributed by atoms with E-state index in [1.54, 1.807) is 4.68 Å². The lowest BCUT2D eigenvalue weighted by Gasteiger charge is -2.26. The molecule has 0 bridgehead atoms. The van der Waals surface area contributed by atoms with Crippen molar-refractivity contribution in [3.63, 3.8) is 0 Å². The van der Waals surface area contributed by atoms with E-state index in [0.29, 0.717) is 4.75 Å². The molecule has 0 saturated heterocycles. The molecular formula is C14H19N5S. The van der Waals surface area contributed by atoms with Crippen LogP contribution in [0.4, 0.5) is 5.95 Å². The summed E-state index contributed by atoms with van der Waals surface area (Å²) in [5.74, 6) is 0.719. The van der Waals surface area contributed by atoms with Gasteiger partial charge in [0.1, 0.15) is 0 Å². The number of nitrogens with zero attached hydrogens (tertiary/aromatic N) is 4. The number of hydrogen-bond donors (Lipinski definition) is 1. The van der Waals surface area contributed by atoms with Crippen molar-refractivity contribution in [2.75, 3.05) is 18.1 Å². The molecule has 1 fully saturated rings. The Labute approximate surface area is 123 Å². The quantitative estimate of drug-likeness (QED) is 0.917. The van der Waals surface area contributed by atoms with E-state index in [2.05, 4.69) is 27.1 Å². The number of thioether (sulfide) groups is 1. The first kappa shape index (κ1) is 13.4. The van der Waals surface area contributed by atoms with E-state index in [0.717, 1.165) is 18.2 Å². The average molecular weight is 289 g/mol. The molecule has 1 aromatic carbocycles. The van der Waals surface area contributed by atoms with Gasteiger partial charge in [-0.2, -0.15) is 16.4 Å². The fourth-order valence-corrected chi connectivity index (χ4v) is 3.67. The lowest BCUT2D eigenvalue weighted by atomic mass is 10.1. The van der Waals surface area contributed by atoms with Gasteiger partial charge in [0.05, 0.1) is 5.69 Å². The van der Waals surface area contributed by atoms with Crippen LogP contribution in [0.3, 0.4) is 0 Å². The maximum atomic E-state index is 4.10. The van der Waals surface area contributed by atoms with E-state index in [1.165, 1.54) is 25.7 Å². The van der Waals surface area contributed by atoms with Gasteiger partial charge in [0, 0.05) is 11.3 Å². The second-order valence-electron chi connectivity index (χ2n) is 5.20. The molecule has 106 valence electrons. The summed E-state index contributed by atoms with van der Waals surface area (Å²) in [6, 6.07) is 9.97. The van der Waals surface area contributed by atoms with Crippen molar-refractivity contribution >= 4 is 17.7 Å². The van der Waals surface area contributed by atoms with Gasteiger partial charge in [0.25, 0.3) is 0 Å². The van der Waals surface area contributed by atoms with E-state index in [1.807, 2.05) is 42.1 Å². The Bertz CT molecular complexity index is 548. The predicted molar refractivity (Wildman–Crippen MR) is 82.4 cm³/mol. The molecule has 2 aromatic rings. The third-order valence-corrected chi connectivity index (χ3v) is 5.41. The molecular weight excluding hydrogens is 270 g/mol. The van der Waals surface area contributed by atoms with E-state index in [-0.39, 0.29) is 0 Å². The lowest BCUT2D eigenvalue weighted by molar-refractivity contribution is 0.635. The number of aromatic nitrogens is 4. The summed E-state index contributed by atoms with van der Waals surface area (Å²) in [5, 5.41) is 15.4. The van der Waals surface area contributed by atoms with Crippen molar-refractivity contribution < 1.29 is 0 Å². The van der Waals surface area contributed by atoms with E-state index in [9.17, 15) is 0 Å². The normalized spacial score (nSPS) is 17.2. The van der Waals surface area contributed by atoms with Crippen molar-refractivity contribution in [2.45, 2.75) is 30.4 Å². The second-order valence-corrected chi connectivity index (χ2v) is 6.47. The van der Waals surface area contributed by atoms with Gasteiger partial charge in [-0.25, -0.2) is 0 Å². The van der Waals surface area contributed by atoms with Crippen molar-refractivity contribution in [3.05, 3.63) is 30.3 Å². The fourth-order valence-electron chi connectivity index (χ4n) is 2.75. The van der Waals surface area contributed by atoms with Crippen molar-refractivity contribution in [1.29, 1.82) is 0 Å². The van der Waals surface area contributed by atoms with Gasteiger partial charge in [-0.3, -0.25) is 0 Å². The number of hydrogen-bond acceptors (Lipinski definition) is 5. The van der Waals surface area contributed by atoms with Crippen molar-refractivity contribution in [1.82, 2.24) is 20.2 Å². The molecule has 1 saturated carbocycles.